The highest BCUT2D eigenvalue weighted by Gasteiger charge is 2.34. The van der Waals surface area contributed by atoms with Crippen LogP contribution in [0.4, 0.5) is 10.1 Å². The molecule has 2 aromatic carbocycles. The molecule has 1 aromatic heterocycles. The smallest absolute Gasteiger partial charge is 0.308 e. The number of carbonyl (C=O) groups excluding carboxylic acids is 4. The molecule has 1 saturated carbocycles. The number of fused-ring (bicyclic) bond motifs is 1. The van der Waals surface area contributed by atoms with Crippen LogP contribution in [0, 0.1) is 11.7 Å². The number of hydrogen-bond acceptors (Lipinski definition) is 8. The Morgan fingerprint density at radius 3 is 2.38 bits per heavy atom. The van der Waals surface area contributed by atoms with Crippen LogP contribution in [0.15, 0.2) is 40.8 Å². The zero-order valence-electron chi connectivity index (χ0n) is 25.6. The maximum absolute atomic E-state index is 13.6. The standard InChI is InChI=1S/C31H37FN4O8S/c1-18(31(40)43-3)6-5-13-34-26(37)16-35-27(38)17-36(45(4,41)42)24-15-25-23(14-22(24)19-7-8-19)28(30(39)33-2)29(44-25)20-9-11-21(32)12-10-20/h9-12,14-15,18-19H,5-8,13,16-17H2,1-4H3,(H,33,39)(H,34,37)(H,35,38). The Morgan fingerprint density at radius 1 is 1.09 bits per heavy atom. The zero-order chi connectivity index (χ0) is 32.9. The van der Waals surface area contributed by atoms with Crippen molar-refractivity contribution in [2.75, 3.05) is 44.4 Å². The number of nitrogens with zero attached hydrogens (tertiary/aromatic N) is 1. The van der Waals surface area contributed by atoms with Gasteiger partial charge in [-0.25, -0.2) is 12.8 Å². The number of anilines is 1. The molecule has 45 heavy (non-hydrogen) atoms. The number of methoxy groups -OCH3 is 1. The van der Waals surface area contributed by atoms with Crippen molar-refractivity contribution in [2.24, 2.45) is 5.92 Å². The van der Waals surface area contributed by atoms with Crippen molar-refractivity contribution in [1.29, 1.82) is 0 Å². The van der Waals surface area contributed by atoms with Crippen molar-refractivity contribution < 1.29 is 41.1 Å². The first kappa shape index (κ1) is 33.4. The van der Waals surface area contributed by atoms with E-state index in [1.165, 1.54) is 44.5 Å². The van der Waals surface area contributed by atoms with Gasteiger partial charge in [-0.3, -0.25) is 23.5 Å². The number of esters is 1. The Balaban J connectivity index is 1.56. The van der Waals surface area contributed by atoms with Gasteiger partial charge in [-0.15, -0.1) is 0 Å². The van der Waals surface area contributed by atoms with Gasteiger partial charge in [0.25, 0.3) is 5.91 Å². The lowest BCUT2D eigenvalue weighted by Crippen LogP contribution is -2.44. The van der Waals surface area contributed by atoms with Crippen LogP contribution in [-0.2, 0) is 29.1 Å². The second-order valence-corrected chi connectivity index (χ2v) is 12.9. The maximum atomic E-state index is 13.6. The molecule has 1 aliphatic rings. The summed E-state index contributed by atoms with van der Waals surface area (Å²) in [6.07, 6.45) is 3.60. The van der Waals surface area contributed by atoms with E-state index in [2.05, 4.69) is 20.7 Å². The molecule has 3 amide bonds. The summed E-state index contributed by atoms with van der Waals surface area (Å²) in [6.45, 7) is 1.05. The molecule has 0 saturated heterocycles. The van der Waals surface area contributed by atoms with Gasteiger partial charge in [-0.2, -0.15) is 0 Å². The Morgan fingerprint density at radius 2 is 1.78 bits per heavy atom. The Hall–Kier alpha value is -4.46. The monoisotopic (exact) mass is 644 g/mol. The van der Waals surface area contributed by atoms with Crippen LogP contribution in [0.25, 0.3) is 22.3 Å². The van der Waals surface area contributed by atoms with Crippen molar-refractivity contribution in [2.45, 2.75) is 38.5 Å². The van der Waals surface area contributed by atoms with E-state index in [0.717, 1.165) is 23.4 Å². The fourth-order valence-electron chi connectivity index (χ4n) is 5.01. The quantitative estimate of drug-likeness (QED) is 0.178. The summed E-state index contributed by atoms with van der Waals surface area (Å²) >= 11 is 0. The molecule has 1 heterocycles. The summed E-state index contributed by atoms with van der Waals surface area (Å²) in [5.41, 5.74) is 1.76. The minimum absolute atomic E-state index is 0.00565. The van der Waals surface area contributed by atoms with E-state index in [1.807, 2.05) is 0 Å². The van der Waals surface area contributed by atoms with E-state index in [0.29, 0.717) is 29.4 Å². The number of amides is 3. The molecule has 1 aliphatic carbocycles. The number of nitrogens with one attached hydrogen (secondary N) is 3. The van der Waals surface area contributed by atoms with Crippen molar-refractivity contribution in [3.63, 3.8) is 0 Å². The fourth-order valence-corrected chi connectivity index (χ4v) is 5.87. The fraction of sp³-hybridized carbons (Fsp3) is 0.419. The third-order valence-corrected chi connectivity index (χ3v) is 8.68. The predicted octanol–water partition coefficient (Wildman–Crippen LogP) is 3.06. The third-order valence-electron chi connectivity index (χ3n) is 7.56. The van der Waals surface area contributed by atoms with Crippen molar-refractivity contribution >= 4 is 50.4 Å². The van der Waals surface area contributed by atoms with Gasteiger partial charge in [0.15, 0.2) is 0 Å². The van der Waals surface area contributed by atoms with E-state index in [1.54, 1.807) is 13.0 Å². The number of carbonyl (C=O) groups is 4. The van der Waals surface area contributed by atoms with Crippen LogP contribution < -0.4 is 20.3 Å². The van der Waals surface area contributed by atoms with E-state index >= 15 is 0 Å². The van der Waals surface area contributed by atoms with E-state index in [-0.39, 0.29) is 53.5 Å². The van der Waals surface area contributed by atoms with Crippen LogP contribution in [-0.4, -0.2) is 72.2 Å². The average molecular weight is 645 g/mol. The predicted molar refractivity (Wildman–Crippen MR) is 166 cm³/mol. The largest absolute Gasteiger partial charge is 0.469 e. The minimum atomic E-state index is -3.99. The minimum Gasteiger partial charge on any atom is -0.469 e. The van der Waals surface area contributed by atoms with Crippen LogP contribution >= 0.6 is 0 Å². The topological polar surface area (TPSA) is 164 Å². The molecule has 0 aliphatic heterocycles. The molecule has 0 radical (unpaired) electrons. The number of benzene rings is 2. The Labute approximate surface area is 260 Å². The first-order valence-corrected chi connectivity index (χ1v) is 16.4. The Kier molecular flexibility index (Phi) is 10.5. The SMILES string of the molecule is CNC(=O)c1c(-c2ccc(F)cc2)oc2cc(N(CC(=O)NCC(=O)NCCCC(C)C(=O)OC)S(C)(=O)=O)c(C3CC3)cc12. The lowest BCUT2D eigenvalue weighted by atomic mass is 10.0. The van der Waals surface area contributed by atoms with Crippen LogP contribution in [0.5, 0.6) is 0 Å². The highest BCUT2D eigenvalue weighted by Crippen LogP contribution is 2.48. The van der Waals surface area contributed by atoms with E-state index in [9.17, 15) is 32.0 Å². The summed E-state index contributed by atoms with van der Waals surface area (Å²) < 4.78 is 51.4. The van der Waals surface area contributed by atoms with Gasteiger partial charge < -0.3 is 25.1 Å². The third kappa shape index (κ3) is 8.18. The summed E-state index contributed by atoms with van der Waals surface area (Å²) in [5.74, 6) is -2.50. The first-order chi connectivity index (χ1) is 21.3. The molecule has 3 aromatic rings. The molecular formula is C31H37FN4O8S. The maximum Gasteiger partial charge on any atom is 0.308 e. The van der Waals surface area contributed by atoms with Crippen molar-refractivity contribution in [3.05, 3.63) is 53.3 Å². The van der Waals surface area contributed by atoms with Crippen molar-refractivity contribution in [1.82, 2.24) is 16.0 Å². The zero-order valence-corrected chi connectivity index (χ0v) is 26.4. The highest BCUT2D eigenvalue weighted by molar-refractivity contribution is 7.92. The summed E-state index contributed by atoms with van der Waals surface area (Å²) in [4.78, 5) is 49.7. The second-order valence-electron chi connectivity index (χ2n) is 11.0. The van der Waals surface area contributed by atoms with E-state index < -0.39 is 40.1 Å². The number of halogens is 1. The van der Waals surface area contributed by atoms with Gasteiger partial charge in [0.2, 0.25) is 21.8 Å². The number of furan rings is 1. The summed E-state index contributed by atoms with van der Waals surface area (Å²) in [7, 11) is -1.21. The number of rotatable bonds is 14. The molecule has 1 unspecified atom stereocenters. The molecule has 1 atom stereocenters. The van der Waals surface area contributed by atoms with Gasteiger partial charge in [0.05, 0.1) is 37.1 Å². The van der Waals surface area contributed by atoms with Gasteiger partial charge in [-0.1, -0.05) is 6.92 Å². The van der Waals surface area contributed by atoms with Gasteiger partial charge >= 0.3 is 5.97 Å². The molecule has 242 valence electrons. The first-order valence-electron chi connectivity index (χ1n) is 14.5. The molecule has 0 bridgehead atoms. The number of hydrogen-bond donors (Lipinski definition) is 3. The number of sulfonamides is 1. The van der Waals surface area contributed by atoms with Crippen LogP contribution in [0.1, 0.15) is 54.4 Å². The summed E-state index contributed by atoms with van der Waals surface area (Å²) in [5, 5.41) is 8.16. The van der Waals surface area contributed by atoms with Crippen LogP contribution in [0.3, 0.4) is 0 Å². The lowest BCUT2D eigenvalue weighted by Gasteiger charge is -2.24. The molecule has 4 rings (SSSR count). The number of ether oxygens (including phenoxy) is 1. The van der Waals surface area contributed by atoms with Gasteiger partial charge in [0, 0.05) is 30.6 Å². The lowest BCUT2D eigenvalue weighted by molar-refractivity contribution is -0.145. The van der Waals surface area contributed by atoms with Crippen molar-refractivity contribution in [3.8, 4) is 11.3 Å². The average Bonchev–Trinajstić information content (AvgIpc) is 3.79. The second kappa shape index (κ2) is 14.1. The molecule has 12 nitrogen and oxygen atoms in total. The normalized spacial score (nSPS) is 13.6. The van der Waals surface area contributed by atoms with Gasteiger partial charge in [-0.05, 0) is 67.5 Å². The molecule has 1 fully saturated rings. The van der Waals surface area contributed by atoms with Crippen LogP contribution in [0.2, 0.25) is 0 Å². The van der Waals surface area contributed by atoms with Gasteiger partial charge in [0.1, 0.15) is 23.7 Å². The molecule has 14 heteroatoms. The Bertz CT molecular complexity index is 1700. The molecule has 3 N–H and O–H groups in total. The van der Waals surface area contributed by atoms with E-state index in [4.69, 9.17) is 4.42 Å². The molecular weight excluding hydrogens is 607 g/mol. The summed E-state index contributed by atoms with van der Waals surface area (Å²) in [6, 6.07) is 8.66. The molecule has 0 spiro atoms. The highest BCUT2D eigenvalue weighted by atomic mass is 32.2.